The van der Waals surface area contributed by atoms with Gasteiger partial charge in [0.05, 0.1) is 0 Å². The number of alkyl halides is 2. The molecule has 1 aliphatic heterocycles. The zero-order chi connectivity index (χ0) is 9.42. The molecule has 0 amide bonds. The molecule has 0 aromatic heterocycles. The molecule has 0 radical (unpaired) electrons. The van der Waals surface area contributed by atoms with Crippen LogP contribution in [0.5, 0.6) is 0 Å². The van der Waals surface area contributed by atoms with Crippen molar-refractivity contribution in [2.45, 2.75) is 37.8 Å². The molecule has 2 fully saturated rings. The Bertz CT molecular complexity index is 180. The molecule has 1 aliphatic carbocycles. The number of halogens is 2. The highest BCUT2D eigenvalue weighted by atomic mass is 19.3. The number of nitrogens with two attached hydrogens (primary N) is 1. The second-order valence-corrected chi connectivity index (χ2v) is 4.26. The van der Waals surface area contributed by atoms with Crippen LogP contribution >= 0.6 is 0 Å². The lowest BCUT2D eigenvalue weighted by atomic mass is 9.80. The molecule has 4 heteroatoms. The van der Waals surface area contributed by atoms with Crippen LogP contribution in [0.1, 0.15) is 19.3 Å². The van der Waals surface area contributed by atoms with E-state index >= 15 is 0 Å². The van der Waals surface area contributed by atoms with Crippen molar-refractivity contribution in [2.24, 2.45) is 11.7 Å². The molecule has 0 aromatic carbocycles. The van der Waals surface area contributed by atoms with E-state index in [1.54, 1.807) is 0 Å². The molecule has 2 N–H and O–H groups in total. The summed E-state index contributed by atoms with van der Waals surface area (Å²) in [6, 6.07) is 0.665. The Morgan fingerprint density at radius 2 is 2.00 bits per heavy atom. The topological polar surface area (TPSA) is 29.3 Å². The van der Waals surface area contributed by atoms with Crippen LogP contribution in [0.3, 0.4) is 0 Å². The molecule has 1 saturated carbocycles. The lowest BCUT2D eigenvalue weighted by Gasteiger charge is -2.40. The Hall–Kier alpha value is -0.220. The molecule has 76 valence electrons. The zero-order valence-electron chi connectivity index (χ0n) is 7.63. The van der Waals surface area contributed by atoms with Gasteiger partial charge in [-0.3, -0.25) is 4.90 Å². The fourth-order valence-corrected chi connectivity index (χ4v) is 2.28. The lowest BCUT2D eigenvalue weighted by Crippen LogP contribution is -2.46. The first-order valence-corrected chi connectivity index (χ1v) is 4.94. The van der Waals surface area contributed by atoms with E-state index in [1.165, 1.54) is 0 Å². The maximum Gasteiger partial charge on any atom is 0.241 e. The van der Waals surface area contributed by atoms with Gasteiger partial charge in [0.1, 0.15) is 0 Å². The van der Waals surface area contributed by atoms with Gasteiger partial charge in [-0.05, 0) is 19.3 Å². The van der Waals surface area contributed by atoms with Gasteiger partial charge in [-0.15, -0.1) is 0 Å². The monoisotopic (exact) mass is 190 g/mol. The number of hydrogen-bond donors (Lipinski definition) is 1. The number of likely N-dealkylation sites (tertiary alicyclic amines) is 1. The van der Waals surface area contributed by atoms with Gasteiger partial charge < -0.3 is 5.73 Å². The maximum absolute atomic E-state index is 12.2. The van der Waals surface area contributed by atoms with Crippen molar-refractivity contribution < 1.29 is 8.78 Å². The predicted molar refractivity (Wildman–Crippen MR) is 46.7 cm³/mol. The molecule has 0 spiro atoms. The van der Waals surface area contributed by atoms with Crippen LogP contribution in [-0.4, -0.2) is 36.5 Å². The normalized spacial score (nSPS) is 41.1. The van der Waals surface area contributed by atoms with E-state index in [4.69, 9.17) is 5.73 Å². The Kier molecular flexibility index (Phi) is 2.51. The highest BCUT2D eigenvalue weighted by Gasteiger charge is 2.40. The first kappa shape index (κ1) is 9.34. The van der Waals surface area contributed by atoms with Gasteiger partial charge in [0.15, 0.2) is 0 Å². The molecule has 2 aliphatic rings. The average molecular weight is 190 g/mol. The van der Waals surface area contributed by atoms with Crippen molar-refractivity contribution in [3.05, 3.63) is 0 Å². The number of rotatable bonds is 2. The van der Waals surface area contributed by atoms with Gasteiger partial charge >= 0.3 is 0 Å². The maximum atomic E-state index is 12.2. The van der Waals surface area contributed by atoms with Crippen LogP contribution in [0.25, 0.3) is 0 Å². The summed E-state index contributed by atoms with van der Waals surface area (Å²) in [5.41, 5.74) is 5.75. The minimum absolute atomic E-state index is 0.269. The average Bonchev–Trinajstić information content (AvgIpc) is 2.31. The van der Waals surface area contributed by atoms with Crippen molar-refractivity contribution in [2.75, 3.05) is 13.1 Å². The quantitative estimate of drug-likeness (QED) is 0.705. The number of hydrogen-bond acceptors (Lipinski definition) is 2. The molecule has 2 nitrogen and oxygen atoms in total. The van der Waals surface area contributed by atoms with Crippen molar-refractivity contribution in [3.63, 3.8) is 0 Å². The Labute approximate surface area is 77.1 Å². The van der Waals surface area contributed by atoms with Gasteiger partial charge in [-0.1, -0.05) is 0 Å². The summed E-state index contributed by atoms with van der Waals surface area (Å²) >= 11 is 0. The smallest absolute Gasteiger partial charge is 0.241 e. The Balaban J connectivity index is 1.74. The second kappa shape index (κ2) is 3.50. The Morgan fingerprint density at radius 1 is 1.31 bits per heavy atom. The largest absolute Gasteiger partial charge is 0.326 e. The molecule has 2 rings (SSSR count). The van der Waals surface area contributed by atoms with Crippen LogP contribution in [-0.2, 0) is 0 Å². The molecule has 1 atom stereocenters. The molecule has 13 heavy (non-hydrogen) atoms. The van der Waals surface area contributed by atoms with Crippen molar-refractivity contribution in [1.82, 2.24) is 4.90 Å². The van der Waals surface area contributed by atoms with Gasteiger partial charge in [0.2, 0.25) is 6.43 Å². The van der Waals surface area contributed by atoms with Crippen LogP contribution in [0, 0.1) is 5.92 Å². The highest BCUT2D eigenvalue weighted by Crippen LogP contribution is 2.37. The van der Waals surface area contributed by atoms with Crippen molar-refractivity contribution in [3.8, 4) is 0 Å². The van der Waals surface area contributed by atoms with Crippen LogP contribution < -0.4 is 5.73 Å². The van der Waals surface area contributed by atoms with Crippen LogP contribution in [0.4, 0.5) is 8.78 Å². The second-order valence-electron chi connectivity index (χ2n) is 4.26. The fraction of sp³-hybridized carbons (Fsp3) is 1.00. The van der Waals surface area contributed by atoms with Crippen molar-refractivity contribution in [1.29, 1.82) is 0 Å². The summed E-state index contributed by atoms with van der Waals surface area (Å²) in [6.45, 7) is 1.91. The zero-order valence-corrected chi connectivity index (χ0v) is 7.63. The molecule has 1 unspecified atom stereocenters. The minimum Gasteiger partial charge on any atom is -0.326 e. The molecule has 0 aromatic rings. The van der Waals surface area contributed by atoms with Crippen LogP contribution in [0.2, 0.25) is 0 Å². The van der Waals surface area contributed by atoms with E-state index in [2.05, 4.69) is 4.90 Å². The molecule has 1 heterocycles. The van der Waals surface area contributed by atoms with Gasteiger partial charge in [-0.2, -0.15) is 0 Å². The molecule has 0 bridgehead atoms. The molecular formula is C9H16F2N2. The lowest BCUT2D eigenvalue weighted by molar-refractivity contribution is -0.0164. The third kappa shape index (κ3) is 1.83. The summed E-state index contributed by atoms with van der Waals surface area (Å²) in [4.78, 5) is 2.27. The summed E-state index contributed by atoms with van der Waals surface area (Å²) < 4.78 is 24.3. The summed E-state index contributed by atoms with van der Waals surface area (Å²) in [7, 11) is 0. The molecular weight excluding hydrogens is 174 g/mol. The summed E-state index contributed by atoms with van der Waals surface area (Å²) in [5, 5.41) is 0. The summed E-state index contributed by atoms with van der Waals surface area (Å²) in [5.74, 6) is -0.346. The standard InChI is InChI=1S/C9H16F2N2/c10-9(11)6-3-8(4-6)13-2-1-7(12)5-13/h6-9H,1-5,12H2. The van der Waals surface area contributed by atoms with Gasteiger partial charge in [0.25, 0.3) is 0 Å². The van der Waals surface area contributed by atoms with Crippen LogP contribution in [0.15, 0.2) is 0 Å². The van der Waals surface area contributed by atoms with Gasteiger partial charge in [-0.25, -0.2) is 8.78 Å². The van der Waals surface area contributed by atoms with E-state index in [-0.39, 0.29) is 12.0 Å². The van der Waals surface area contributed by atoms with E-state index in [9.17, 15) is 8.78 Å². The van der Waals surface area contributed by atoms with E-state index in [0.717, 1.165) is 19.5 Å². The third-order valence-electron chi connectivity index (χ3n) is 3.28. The van der Waals surface area contributed by atoms with E-state index < -0.39 is 6.43 Å². The first-order chi connectivity index (χ1) is 6.16. The number of nitrogens with zero attached hydrogens (tertiary/aromatic N) is 1. The minimum atomic E-state index is -2.12. The van der Waals surface area contributed by atoms with Gasteiger partial charge in [0, 0.05) is 31.1 Å². The third-order valence-corrected chi connectivity index (χ3v) is 3.28. The Morgan fingerprint density at radius 3 is 2.46 bits per heavy atom. The van der Waals surface area contributed by atoms with E-state index in [0.29, 0.717) is 18.9 Å². The van der Waals surface area contributed by atoms with E-state index in [1.807, 2.05) is 0 Å². The highest BCUT2D eigenvalue weighted by molar-refractivity contribution is 4.92. The first-order valence-electron chi connectivity index (χ1n) is 4.94. The summed E-state index contributed by atoms with van der Waals surface area (Å²) in [6.07, 6.45) is 0.248. The predicted octanol–water partition coefficient (Wildman–Crippen LogP) is 1.06. The van der Waals surface area contributed by atoms with Crippen molar-refractivity contribution >= 4 is 0 Å². The fourth-order valence-electron chi connectivity index (χ4n) is 2.28. The molecule has 1 saturated heterocycles. The SMILES string of the molecule is NC1CCN(C2CC(C(F)F)C2)C1.